The number of amides is 2. The Kier molecular flexibility index (Phi) is 8.17. The third-order valence-electron chi connectivity index (χ3n) is 7.28. The highest BCUT2D eigenvalue weighted by Gasteiger charge is 2.42. The van der Waals surface area contributed by atoms with Crippen molar-refractivity contribution in [3.8, 4) is 11.5 Å². The molecular weight excluding hydrogens is 468 g/mol. The Labute approximate surface area is 219 Å². The number of carbonyl (C=O) groups excluding carboxylic acids is 2. The first-order valence-electron chi connectivity index (χ1n) is 12.9. The van der Waals surface area contributed by atoms with Crippen LogP contribution in [0.25, 0.3) is 0 Å². The van der Waals surface area contributed by atoms with Crippen molar-refractivity contribution in [1.29, 1.82) is 0 Å². The maximum atomic E-state index is 13.4. The van der Waals surface area contributed by atoms with Crippen LogP contribution >= 0.6 is 0 Å². The van der Waals surface area contributed by atoms with Gasteiger partial charge in [-0.2, -0.15) is 5.10 Å². The van der Waals surface area contributed by atoms with Crippen molar-refractivity contribution in [3.05, 3.63) is 59.7 Å². The molecule has 8 nitrogen and oxygen atoms in total. The second kappa shape index (κ2) is 11.3. The highest BCUT2D eigenvalue weighted by molar-refractivity contribution is 6.06. The number of methoxy groups -OCH3 is 2. The molecule has 1 fully saturated rings. The van der Waals surface area contributed by atoms with Crippen LogP contribution < -0.4 is 15.2 Å². The average molecular weight is 507 g/mol. The maximum absolute atomic E-state index is 13.4. The van der Waals surface area contributed by atoms with E-state index in [0.29, 0.717) is 56.7 Å². The lowest BCUT2D eigenvalue weighted by Gasteiger charge is -2.42. The van der Waals surface area contributed by atoms with Crippen LogP contribution in [0.15, 0.2) is 53.6 Å². The minimum atomic E-state index is -0.582. The van der Waals surface area contributed by atoms with Crippen LogP contribution in [-0.4, -0.2) is 66.8 Å². The molecule has 0 aliphatic carbocycles. The van der Waals surface area contributed by atoms with Crippen LogP contribution in [0.3, 0.4) is 0 Å². The molecule has 0 bridgehead atoms. The van der Waals surface area contributed by atoms with Gasteiger partial charge in [-0.3, -0.25) is 9.59 Å². The number of hydrogen-bond acceptors (Lipinski definition) is 6. The number of hydrogen-bond donors (Lipinski definition) is 1. The lowest BCUT2D eigenvalue weighted by atomic mass is 9.82. The summed E-state index contributed by atoms with van der Waals surface area (Å²) >= 11 is 0. The zero-order valence-electron chi connectivity index (χ0n) is 22.3. The van der Waals surface area contributed by atoms with E-state index in [1.807, 2.05) is 67.3 Å². The van der Waals surface area contributed by atoms with Crippen molar-refractivity contribution in [1.82, 2.24) is 9.91 Å². The third-order valence-corrected chi connectivity index (χ3v) is 7.28. The van der Waals surface area contributed by atoms with E-state index < -0.39 is 5.41 Å². The highest BCUT2D eigenvalue weighted by Crippen LogP contribution is 2.36. The predicted molar refractivity (Wildman–Crippen MR) is 144 cm³/mol. The number of nitrogens with zero attached hydrogens (tertiary/aromatic N) is 3. The standard InChI is InChI=1S/C29H38N4O4/c1-29(2)19-24(21-10-11-25(36-3)26(17-21)37-4)31-33(28(29)35)23-12-14-32(15-13-23)27(34)18-22(30)16-20-8-6-5-7-9-20/h5-11,17,22-23H,12-16,18-19,30H2,1-4H3/t22-/m1/s1. The number of benzene rings is 2. The molecule has 1 atom stereocenters. The lowest BCUT2D eigenvalue weighted by molar-refractivity contribution is -0.145. The molecule has 4 rings (SSSR count). The molecule has 198 valence electrons. The maximum Gasteiger partial charge on any atom is 0.248 e. The molecule has 0 radical (unpaired) electrons. The van der Waals surface area contributed by atoms with Crippen molar-refractivity contribution in [2.75, 3.05) is 27.3 Å². The van der Waals surface area contributed by atoms with E-state index in [1.165, 1.54) is 0 Å². The van der Waals surface area contributed by atoms with E-state index in [-0.39, 0.29) is 23.9 Å². The fraction of sp³-hybridized carbons (Fsp3) is 0.483. The van der Waals surface area contributed by atoms with Gasteiger partial charge in [-0.15, -0.1) is 0 Å². The van der Waals surface area contributed by atoms with E-state index in [2.05, 4.69) is 0 Å². The Morgan fingerprint density at radius 1 is 1.08 bits per heavy atom. The number of ether oxygens (including phenoxy) is 2. The third kappa shape index (κ3) is 6.13. The molecule has 2 N–H and O–H groups in total. The molecule has 0 unspecified atom stereocenters. The number of rotatable bonds is 8. The molecule has 0 spiro atoms. The Balaban J connectivity index is 1.42. The van der Waals surface area contributed by atoms with Crippen LogP contribution in [0.2, 0.25) is 0 Å². The first-order chi connectivity index (χ1) is 17.7. The normalized spacial score (nSPS) is 18.8. The zero-order valence-corrected chi connectivity index (χ0v) is 22.3. The molecule has 2 aromatic carbocycles. The van der Waals surface area contributed by atoms with Crippen LogP contribution in [0.1, 0.15) is 50.7 Å². The average Bonchev–Trinajstić information content (AvgIpc) is 2.90. The Morgan fingerprint density at radius 3 is 2.41 bits per heavy atom. The van der Waals surface area contributed by atoms with Gasteiger partial charge >= 0.3 is 0 Å². The number of hydrazone groups is 1. The van der Waals surface area contributed by atoms with Crippen molar-refractivity contribution >= 4 is 17.5 Å². The predicted octanol–water partition coefficient (Wildman–Crippen LogP) is 3.62. The second-order valence-electron chi connectivity index (χ2n) is 10.6. The van der Waals surface area contributed by atoms with Gasteiger partial charge in [-0.25, -0.2) is 5.01 Å². The van der Waals surface area contributed by atoms with Crippen molar-refractivity contribution in [2.24, 2.45) is 16.3 Å². The van der Waals surface area contributed by atoms with E-state index in [9.17, 15) is 9.59 Å². The molecule has 2 aliphatic heterocycles. The topological polar surface area (TPSA) is 97.5 Å². The van der Waals surface area contributed by atoms with Gasteiger partial charge in [0.1, 0.15) is 0 Å². The van der Waals surface area contributed by atoms with Gasteiger partial charge in [-0.05, 0) is 43.0 Å². The highest BCUT2D eigenvalue weighted by atomic mass is 16.5. The summed E-state index contributed by atoms with van der Waals surface area (Å²) in [6.45, 7) is 5.11. The van der Waals surface area contributed by atoms with Gasteiger partial charge in [0.05, 0.1) is 31.4 Å². The zero-order chi connectivity index (χ0) is 26.6. The number of nitrogens with two attached hydrogens (primary N) is 1. The summed E-state index contributed by atoms with van der Waals surface area (Å²) in [5, 5.41) is 6.49. The molecule has 37 heavy (non-hydrogen) atoms. The summed E-state index contributed by atoms with van der Waals surface area (Å²) in [5.74, 6) is 1.37. The van der Waals surface area contributed by atoms with Crippen molar-refractivity contribution < 1.29 is 19.1 Å². The second-order valence-corrected chi connectivity index (χ2v) is 10.6. The summed E-state index contributed by atoms with van der Waals surface area (Å²) < 4.78 is 10.8. The van der Waals surface area contributed by atoms with Gasteiger partial charge in [0.15, 0.2) is 11.5 Å². The Bertz CT molecular complexity index is 1140. The molecular formula is C29H38N4O4. The van der Waals surface area contributed by atoms with Crippen molar-refractivity contribution in [2.45, 2.75) is 58.0 Å². The van der Waals surface area contributed by atoms with Gasteiger partial charge in [0.25, 0.3) is 0 Å². The molecule has 2 aromatic rings. The monoisotopic (exact) mass is 506 g/mol. The van der Waals surface area contributed by atoms with Crippen molar-refractivity contribution in [3.63, 3.8) is 0 Å². The largest absolute Gasteiger partial charge is 0.493 e. The summed E-state index contributed by atoms with van der Waals surface area (Å²) in [4.78, 5) is 28.1. The minimum Gasteiger partial charge on any atom is -0.493 e. The van der Waals surface area contributed by atoms with Crippen LogP contribution in [0.5, 0.6) is 11.5 Å². The first-order valence-corrected chi connectivity index (χ1v) is 12.9. The van der Waals surface area contributed by atoms with Gasteiger partial charge in [0, 0.05) is 37.5 Å². The van der Waals surface area contributed by atoms with Crippen LogP contribution in [0.4, 0.5) is 0 Å². The number of piperidine rings is 1. The van der Waals surface area contributed by atoms with E-state index in [0.717, 1.165) is 16.8 Å². The fourth-order valence-electron chi connectivity index (χ4n) is 5.14. The Morgan fingerprint density at radius 2 is 1.76 bits per heavy atom. The number of carbonyl (C=O) groups is 2. The van der Waals surface area contributed by atoms with Gasteiger partial charge < -0.3 is 20.1 Å². The quantitative estimate of drug-likeness (QED) is 0.590. The van der Waals surface area contributed by atoms with E-state index in [4.69, 9.17) is 20.3 Å². The molecule has 8 heteroatoms. The van der Waals surface area contributed by atoms with Crippen LogP contribution in [-0.2, 0) is 16.0 Å². The molecule has 0 aromatic heterocycles. The SMILES string of the molecule is COc1ccc(C2=NN(C3CCN(C(=O)C[C@H](N)Cc4ccccc4)CC3)C(=O)C(C)(C)C2)cc1OC. The lowest BCUT2D eigenvalue weighted by Crippen LogP contribution is -2.52. The van der Waals surface area contributed by atoms with Gasteiger partial charge in [-0.1, -0.05) is 44.2 Å². The van der Waals surface area contributed by atoms with Gasteiger partial charge in [0.2, 0.25) is 11.8 Å². The minimum absolute atomic E-state index is 0.0198. The first kappa shape index (κ1) is 26.7. The molecule has 2 amide bonds. The molecule has 2 aliphatic rings. The number of likely N-dealkylation sites (tertiary alicyclic amines) is 1. The fourth-order valence-corrected chi connectivity index (χ4v) is 5.14. The Hall–Kier alpha value is -3.39. The molecule has 0 saturated carbocycles. The molecule has 1 saturated heterocycles. The molecule has 2 heterocycles. The smallest absolute Gasteiger partial charge is 0.248 e. The summed E-state index contributed by atoms with van der Waals surface area (Å²) in [6.07, 6.45) is 2.90. The summed E-state index contributed by atoms with van der Waals surface area (Å²) in [7, 11) is 3.21. The summed E-state index contributed by atoms with van der Waals surface area (Å²) in [6, 6.07) is 15.4. The van der Waals surface area contributed by atoms with E-state index in [1.54, 1.807) is 19.2 Å². The van der Waals surface area contributed by atoms with Crippen LogP contribution in [0, 0.1) is 5.41 Å². The van der Waals surface area contributed by atoms with E-state index >= 15 is 0 Å². The summed E-state index contributed by atoms with van der Waals surface area (Å²) in [5.41, 5.74) is 8.58.